The number of amides is 1. The van der Waals surface area contributed by atoms with E-state index >= 15 is 0 Å². The molecule has 0 aliphatic heterocycles. The number of nitrogens with one attached hydrogen (secondary N) is 1. The Morgan fingerprint density at radius 1 is 1.14 bits per heavy atom. The molecule has 0 fully saturated rings. The second-order valence-corrected chi connectivity index (χ2v) is 9.35. The van der Waals surface area contributed by atoms with Gasteiger partial charge in [-0.3, -0.25) is 10.0 Å². The molecule has 28 heavy (non-hydrogen) atoms. The lowest BCUT2D eigenvalue weighted by molar-refractivity contribution is -0.136. The zero-order valence-electron chi connectivity index (χ0n) is 16.4. The first-order chi connectivity index (χ1) is 13.1. The van der Waals surface area contributed by atoms with Crippen LogP contribution in [0.25, 0.3) is 0 Å². The second kappa shape index (κ2) is 8.72. The van der Waals surface area contributed by atoms with Crippen molar-refractivity contribution in [2.45, 2.75) is 38.3 Å². The third-order valence-electron chi connectivity index (χ3n) is 4.30. The van der Waals surface area contributed by atoms with Gasteiger partial charge < -0.3 is 4.74 Å². The minimum Gasteiger partial charge on any atom is -0.497 e. The van der Waals surface area contributed by atoms with E-state index in [4.69, 9.17) is 4.74 Å². The number of hydroxylamine groups is 1. The van der Waals surface area contributed by atoms with Crippen LogP contribution in [0, 0.1) is 5.41 Å². The lowest BCUT2D eigenvalue weighted by Gasteiger charge is -2.37. The fourth-order valence-electron chi connectivity index (χ4n) is 2.99. The van der Waals surface area contributed by atoms with Gasteiger partial charge in [0.15, 0.2) is 0 Å². The number of benzene rings is 2. The summed E-state index contributed by atoms with van der Waals surface area (Å²) in [5, 5.41) is 9.26. The Labute approximate surface area is 166 Å². The van der Waals surface area contributed by atoms with E-state index < -0.39 is 27.4 Å². The van der Waals surface area contributed by atoms with Gasteiger partial charge in [-0.05, 0) is 23.1 Å². The number of hydrogen-bond acceptors (Lipinski definition) is 5. The molecule has 1 atom stereocenters. The number of carbonyl (C=O) groups excluding carboxylic acids is 1. The van der Waals surface area contributed by atoms with E-state index in [2.05, 4.69) is 0 Å². The van der Waals surface area contributed by atoms with Gasteiger partial charge in [-0.1, -0.05) is 57.2 Å². The Bertz CT molecular complexity index is 908. The molecule has 152 valence electrons. The van der Waals surface area contributed by atoms with E-state index in [-0.39, 0.29) is 11.4 Å². The molecule has 0 spiro atoms. The molecule has 0 bridgehead atoms. The molecule has 0 saturated heterocycles. The van der Waals surface area contributed by atoms with Gasteiger partial charge in [-0.25, -0.2) is 13.9 Å². The number of methoxy groups -OCH3 is 1. The van der Waals surface area contributed by atoms with E-state index in [0.29, 0.717) is 11.3 Å². The van der Waals surface area contributed by atoms with Crippen molar-refractivity contribution in [3.8, 4) is 5.75 Å². The first-order valence-corrected chi connectivity index (χ1v) is 10.2. The summed E-state index contributed by atoms with van der Waals surface area (Å²) in [5.74, 6) is -0.408. The number of ether oxygens (including phenoxy) is 1. The first-order valence-electron chi connectivity index (χ1n) is 8.75. The van der Waals surface area contributed by atoms with E-state index in [1.165, 1.54) is 19.2 Å². The predicted molar refractivity (Wildman–Crippen MR) is 105 cm³/mol. The summed E-state index contributed by atoms with van der Waals surface area (Å²) in [6.45, 7) is 5.19. The maximum Gasteiger partial charge on any atom is 0.262 e. The van der Waals surface area contributed by atoms with Crippen LogP contribution in [0.5, 0.6) is 5.75 Å². The van der Waals surface area contributed by atoms with Crippen LogP contribution in [0.1, 0.15) is 26.3 Å². The van der Waals surface area contributed by atoms with Crippen molar-refractivity contribution < 1.29 is 23.2 Å². The number of rotatable bonds is 7. The summed E-state index contributed by atoms with van der Waals surface area (Å²) < 4.78 is 33.3. The molecule has 0 aliphatic rings. The quantitative estimate of drug-likeness (QED) is 0.544. The Balaban J connectivity index is 2.63. The summed E-state index contributed by atoms with van der Waals surface area (Å²) in [7, 11) is -2.64. The van der Waals surface area contributed by atoms with Gasteiger partial charge in [0.1, 0.15) is 11.8 Å². The fourth-order valence-corrected chi connectivity index (χ4v) is 4.79. The maximum absolute atomic E-state index is 13.5. The Kier molecular flexibility index (Phi) is 6.82. The normalized spacial score (nSPS) is 13.2. The van der Waals surface area contributed by atoms with Crippen LogP contribution in [0.2, 0.25) is 0 Å². The van der Waals surface area contributed by atoms with Crippen molar-refractivity contribution in [3.05, 3.63) is 60.2 Å². The third-order valence-corrected chi connectivity index (χ3v) is 6.10. The Morgan fingerprint density at radius 2 is 1.79 bits per heavy atom. The monoisotopic (exact) mass is 406 g/mol. The molecule has 8 heteroatoms. The van der Waals surface area contributed by atoms with Gasteiger partial charge in [0.2, 0.25) is 10.0 Å². The molecular weight excluding hydrogens is 380 g/mol. The van der Waals surface area contributed by atoms with Crippen molar-refractivity contribution in [2.75, 3.05) is 7.11 Å². The number of sulfonamides is 1. The zero-order valence-corrected chi connectivity index (χ0v) is 17.2. The Morgan fingerprint density at radius 3 is 2.32 bits per heavy atom. The van der Waals surface area contributed by atoms with Gasteiger partial charge in [-0.15, -0.1) is 0 Å². The summed E-state index contributed by atoms with van der Waals surface area (Å²) >= 11 is 0. The van der Waals surface area contributed by atoms with Crippen LogP contribution < -0.4 is 10.2 Å². The highest BCUT2D eigenvalue weighted by molar-refractivity contribution is 7.89. The summed E-state index contributed by atoms with van der Waals surface area (Å²) in [5.41, 5.74) is 1.55. The average molecular weight is 407 g/mol. The smallest absolute Gasteiger partial charge is 0.262 e. The van der Waals surface area contributed by atoms with Crippen molar-refractivity contribution in [3.63, 3.8) is 0 Å². The zero-order chi connectivity index (χ0) is 20.9. The van der Waals surface area contributed by atoms with Gasteiger partial charge in [0.05, 0.1) is 12.0 Å². The van der Waals surface area contributed by atoms with Crippen molar-refractivity contribution in [1.29, 1.82) is 0 Å². The summed E-state index contributed by atoms with van der Waals surface area (Å²) in [4.78, 5) is 12.5. The van der Waals surface area contributed by atoms with Crippen LogP contribution in [0.15, 0.2) is 59.5 Å². The molecule has 2 rings (SSSR count). The van der Waals surface area contributed by atoms with Crippen LogP contribution in [0.3, 0.4) is 0 Å². The van der Waals surface area contributed by atoms with E-state index in [9.17, 15) is 18.4 Å². The van der Waals surface area contributed by atoms with Crippen LogP contribution >= 0.6 is 0 Å². The van der Waals surface area contributed by atoms with Crippen LogP contribution in [-0.2, 0) is 21.4 Å². The predicted octanol–water partition coefficient (Wildman–Crippen LogP) is 2.81. The lowest BCUT2D eigenvalue weighted by atomic mass is 9.86. The molecule has 0 radical (unpaired) electrons. The van der Waals surface area contributed by atoms with E-state index in [1.54, 1.807) is 62.6 Å². The van der Waals surface area contributed by atoms with Crippen molar-refractivity contribution in [1.82, 2.24) is 9.79 Å². The van der Waals surface area contributed by atoms with Crippen LogP contribution in [-0.4, -0.2) is 37.0 Å². The lowest BCUT2D eigenvalue weighted by Crippen LogP contribution is -2.54. The van der Waals surface area contributed by atoms with E-state index in [0.717, 1.165) is 4.31 Å². The molecule has 0 aromatic heterocycles. The molecule has 0 saturated carbocycles. The number of carbonyl (C=O) groups is 1. The van der Waals surface area contributed by atoms with Gasteiger partial charge in [0, 0.05) is 12.6 Å². The minimum atomic E-state index is -4.09. The molecule has 0 unspecified atom stereocenters. The van der Waals surface area contributed by atoms with E-state index in [1.807, 2.05) is 6.07 Å². The average Bonchev–Trinajstić information content (AvgIpc) is 2.67. The van der Waals surface area contributed by atoms with Gasteiger partial charge >= 0.3 is 0 Å². The third kappa shape index (κ3) is 4.89. The maximum atomic E-state index is 13.5. The second-order valence-electron chi connectivity index (χ2n) is 7.46. The highest BCUT2D eigenvalue weighted by Crippen LogP contribution is 2.32. The first kappa shape index (κ1) is 21.9. The van der Waals surface area contributed by atoms with Crippen molar-refractivity contribution >= 4 is 15.9 Å². The molecule has 0 aliphatic carbocycles. The van der Waals surface area contributed by atoms with Gasteiger partial charge in [-0.2, -0.15) is 4.31 Å². The SMILES string of the molecule is COc1cccc(S(=O)(=O)N(Cc2ccccc2)[C@@H](C(=O)NO)C(C)(C)C)c1. The minimum absolute atomic E-state index is 0.00257. The molecule has 2 N–H and O–H groups in total. The highest BCUT2D eigenvalue weighted by Gasteiger charge is 2.43. The number of nitrogens with zero attached hydrogens (tertiary/aromatic N) is 1. The Hall–Kier alpha value is -2.42. The number of hydrogen-bond donors (Lipinski definition) is 2. The largest absolute Gasteiger partial charge is 0.497 e. The molecular formula is C20H26N2O5S. The summed E-state index contributed by atoms with van der Waals surface area (Å²) in [6.07, 6.45) is 0. The van der Waals surface area contributed by atoms with Gasteiger partial charge in [0.25, 0.3) is 5.91 Å². The molecule has 2 aromatic rings. The standard InChI is InChI=1S/C20H26N2O5S/c1-20(2,3)18(19(23)21-24)22(14-15-9-6-5-7-10-15)28(25,26)17-12-8-11-16(13-17)27-4/h5-13,18,24H,14H2,1-4H3,(H,21,23)/t18-/m0/s1. The molecule has 2 aromatic carbocycles. The topological polar surface area (TPSA) is 95.9 Å². The van der Waals surface area contributed by atoms with Crippen molar-refractivity contribution in [2.24, 2.45) is 5.41 Å². The molecule has 1 amide bonds. The summed E-state index contributed by atoms with van der Waals surface area (Å²) in [6, 6.07) is 13.9. The van der Waals surface area contributed by atoms with Crippen LogP contribution in [0.4, 0.5) is 0 Å². The highest BCUT2D eigenvalue weighted by atomic mass is 32.2. The molecule has 7 nitrogen and oxygen atoms in total. The fraction of sp³-hybridized carbons (Fsp3) is 0.350. The molecule has 0 heterocycles.